The van der Waals surface area contributed by atoms with E-state index in [1.165, 1.54) is 0 Å². The molecule has 1 aromatic heterocycles. The summed E-state index contributed by atoms with van der Waals surface area (Å²) in [5.74, 6) is -1.54. The zero-order valence-corrected chi connectivity index (χ0v) is 8.87. The lowest BCUT2D eigenvalue weighted by Gasteiger charge is -2.01. The van der Waals surface area contributed by atoms with Gasteiger partial charge in [-0.3, -0.25) is 0 Å². The van der Waals surface area contributed by atoms with Crippen LogP contribution in [0.2, 0.25) is 0 Å². The highest BCUT2D eigenvalue weighted by Gasteiger charge is 2.34. The number of alkyl halides is 3. The summed E-state index contributed by atoms with van der Waals surface area (Å²) in [7, 11) is 0. The first kappa shape index (κ1) is 12.0. The van der Waals surface area contributed by atoms with Crippen molar-refractivity contribution < 1.29 is 22.0 Å². The van der Waals surface area contributed by atoms with Crippen molar-refractivity contribution in [3.8, 4) is 10.6 Å². The number of aromatic nitrogens is 1. The maximum absolute atomic E-state index is 13.3. The van der Waals surface area contributed by atoms with Gasteiger partial charge in [0, 0.05) is 10.9 Å². The molecule has 0 saturated heterocycles. The van der Waals surface area contributed by atoms with E-state index >= 15 is 0 Å². The van der Waals surface area contributed by atoms with Crippen LogP contribution in [0.1, 0.15) is 5.69 Å². The van der Waals surface area contributed by atoms with Gasteiger partial charge in [0.25, 0.3) is 0 Å². The largest absolute Gasteiger partial charge is 0.434 e. The van der Waals surface area contributed by atoms with E-state index in [4.69, 9.17) is 0 Å². The lowest BCUT2D eigenvalue weighted by molar-refractivity contribution is -0.140. The van der Waals surface area contributed by atoms with Crippen LogP contribution >= 0.6 is 11.3 Å². The van der Waals surface area contributed by atoms with Crippen molar-refractivity contribution in [2.24, 2.45) is 0 Å². The van der Waals surface area contributed by atoms with Crippen molar-refractivity contribution in [3.63, 3.8) is 0 Å². The minimum atomic E-state index is -4.58. The summed E-state index contributed by atoms with van der Waals surface area (Å²) in [4.78, 5) is 3.24. The number of thiazole rings is 1. The van der Waals surface area contributed by atoms with Crippen LogP contribution in [0, 0.1) is 11.6 Å². The molecule has 1 aromatic carbocycles. The monoisotopic (exact) mass is 265 g/mol. The van der Waals surface area contributed by atoms with Gasteiger partial charge in [-0.25, -0.2) is 13.8 Å². The Balaban J connectivity index is 2.47. The molecule has 0 atom stereocenters. The highest BCUT2D eigenvalue weighted by atomic mass is 32.1. The summed E-state index contributed by atoms with van der Waals surface area (Å²) < 4.78 is 63.0. The van der Waals surface area contributed by atoms with Gasteiger partial charge in [-0.2, -0.15) is 13.2 Å². The molecule has 2 rings (SSSR count). The van der Waals surface area contributed by atoms with E-state index in [2.05, 4.69) is 4.98 Å². The quantitative estimate of drug-likeness (QED) is 0.707. The molecule has 0 amide bonds. The number of nitrogens with zero attached hydrogens (tertiary/aromatic N) is 1. The molecule has 0 aliphatic heterocycles. The predicted octanol–water partition coefficient (Wildman–Crippen LogP) is 4.11. The maximum atomic E-state index is 13.3. The summed E-state index contributed by atoms with van der Waals surface area (Å²) in [6.07, 6.45) is -4.58. The van der Waals surface area contributed by atoms with Crippen LogP contribution in [0.4, 0.5) is 22.0 Å². The normalized spacial score (nSPS) is 11.8. The molecular weight excluding hydrogens is 261 g/mol. The van der Waals surface area contributed by atoms with Crippen LogP contribution in [0.25, 0.3) is 10.6 Å². The van der Waals surface area contributed by atoms with Crippen LogP contribution in [-0.4, -0.2) is 4.98 Å². The highest BCUT2D eigenvalue weighted by molar-refractivity contribution is 7.13. The lowest BCUT2D eigenvalue weighted by atomic mass is 10.2. The third-order valence-corrected chi connectivity index (χ3v) is 2.83. The molecule has 2 aromatic rings. The number of hydrogen-bond donors (Lipinski definition) is 0. The van der Waals surface area contributed by atoms with Crippen LogP contribution in [-0.2, 0) is 6.18 Å². The topological polar surface area (TPSA) is 12.9 Å². The summed E-state index contributed by atoms with van der Waals surface area (Å²) in [6, 6.07) is 2.55. The average Bonchev–Trinajstić information content (AvgIpc) is 2.70. The second-order valence-corrected chi connectivity index (χ2v) is 4.02. The van der Waals surface area contributed by atoms with E-state index in [1.807, 2.05) is 0 Å². The molecule has 0 radical (unpaired) electrons. The van der Waals surface area contributed by atoms with E-state index in [0.29, 0.717) is 11.3 Å². The molecule has 0 aliphatic carbocycles. The molecule has 0 saturated carbocycles. The van der Waals surface area contributed by atoms with Gasteiger partial charge in [0.1, 0.15) is 16.6 Å². The maximum Gasteiger partial charge on any atom is 0.434 e. The molecule has 1 nitrogen and oxygen atoms in total. The van der Waals surface area contributed by atoms with Gasteiger partial charge in [0.05, 0.1) is 0 Å². The minimum Gasteiger partial charge on any atom is -0.231 e. The Hall–Kier alpha value is -1.50. The second kappa shape index (κ2) is 4.06. The number of rotatable bonds is 1. The van der Waals surface area contributed by atoms with E-state index in [0.717, 1.165) is 23.6 Å². The van der Waals surface area contributed by atoms with Crippen LogP contribution in [0.5, 0.6) is 0 Å². The summed E-state index contributed by atoms with van der Waals surface area (Å²) in [5, 5.41) is 0.564. The molecule has 0 bridgehead atoms. The Kier molecular flexibility index (Phi) is 2.86. The molecule has 0 spiro atoms. The molecule has 0 N–H and O–H groups in total. The van der Waals surface area contributed by atoms with Gasteiger partial charge >= 0.3 is 6.18 Å². The van der Waals surface area contributed by atoms with E-state index < -0.39 is 23.5 Å². The Morgan fingerprint density at radius 2 is 1.82 bits per heavy atom. The molecule has 17 heavy (non-hydrogen) atoms. The number of halogens is 5. The lowest BCUT2D eigenvalue weighted by Crippen LogP contribution is -2.04. The standard InChI is InChI=1S/C10H4F5NS/c11-5-1-2-7(12)6(3-5)9-16-8(4-17-9)10(13,14)15/h1-4H. The van der Waals surface area contributed by atoms with Crippen LogP contribution in [0.3, 0.4) is 0 Å². The molecule has 7 heteroatoms. The van der Waals surface area contributed by atoms with E-state index in [1.54, 1.807) is 0 Å². The number of hydrogen-bond acceptors (Lipinski definition) is 2. The first-order valence-corrected chi connectivity index (χ1v) is 5.24. The fraction of sp³-hybridized carbons (Fsp3) is 0.100. The summed E-state index contributed by atoms with van der Waals surface area (Å²) in [6.45, 7) is 0. The first-order valence-electron chi connectivity index (χ1n) is 4.36. The van der Waals surface area contributed by atoms with E-state index in [9.17, 15) is 22.0 Å². The van der Waals surface area contributed by atoms with Crippen molar-refractivity contribution in [2.45, 2.75) is 6.18 Å². The van der Waals surface area contributed by atoms with Gasteiger partial charge in [0.2, 0.25) is 0 Å². The molecule has 0 unspecified atom stereocenters. The smallest absolute Gasteiger partial charge is 0.231 e. The van der Waals surface area contributed by atoms with Gasteiger partial charge < -0.3 is 0 Å². The SMILES string of the molecule is Fc1ccc(F)c(-c2nc(C(F)(F)F)cs2)c1. The fourth-order valence-electron chi connectivity index (χ4n) is 1.19. The third-order valence-electron chi connectivity index (χ3n) is 1.95. The van der Waals surface area contributed by atoms with Gasteiger partial charge in [-0.05, 0) is 18.2 Å². The Labute approximate surface area is 96.5 Å². The van der Waals surface area contributed by atoms with Gasteiger partial charge in [-0.15, -0.1) is 11.3 Å². The van der Waals surface area contributed by atoms with Crippen molar-refractivity contribution in [3.05, 3.63) is 40.9 Å². The van der Waals surface area contributed by atoms with Crippen molar-refractivity contribution in [1.82, 2.24) is 4.98 Å². The molecular formula is C10H4F5NS. The third kappa shape index (κ3) is 2.44. The zero-order valence-electron chi connectivity index (χ0n) is 8.05. The second-order valence-electron chi connectivity index (χ2n) is 3.16. The molecule has 0 fully saturated rings. The summed E-state index contributed by atoms with van der Waals surface area (Å²) in [5.41, 5.74) is -1.38. The average molecular weight is 265 g/mol. The van der Waals surface area contributed by atoms with Crippen LogP contribution < -0.4 is 0 Å². The predicted molar refractivity (Wildman–Crippen MR) is 52.5 cm³/mol. The Morgan fingerprint density at radius 1 is 1.12 bits per heavy atom. The Bertz CT molecular complexity index is 546. The summed E-state index contributed by atoms with van der Waals surface area (Å²) >= 11 is 0.615. The number of benzene rings is 1. The highest BCUT2D eigenvalue weighted by Crippen LogP contribution is 2.34. The van der Waals surface area contributed by atoms with Crippen molar-refractivity contribution >= 4 is 11.3 Å². The first-order chi connectivity index (χ1) is 7.88. The Morgan fingerprint density at radius 3 is 2.41 bits per heavy atom. The van der Waals surface area contributed by atoms with Gasteiger partial charge in [0.15, 0.2) is 5.69 Å². The molecule has 90 valence electrons. The van der Waals surface area contributed by atoms with Crippen molar-refractivity contribution in [1.29, 1.82) is 0 Å². The van der Waals surface area contributed by atoms with Crippen molar-refractivity contribution in [2.75, 3.05) is 0 Å². The van der Waals surface area contributed by atoms with E-state index in [-0.39, 0.29) is 10.6 Å². The van der Waals surface area contributed by atoms with Crippen LogP contribution in [0.15, 0.2) is 23.6 Å². The molecule has 0 aliphatic rings. The van der Waals surface area contributed by atoms with Gasteiger partial charge in [-0.1, -0.05) is 0 Å². The molecule has 1 heterocycles. The zero-order chi connectivity index (χ0) is 12.6. The minimum absolute atomic E-state index is 0.200. The fourth-order valence-corrected chi connectivity index (χ4v) is 2.03.